The van der Waals surface area contributed by atoms with Gasteiger partial charge >= 0.3 is 5.97 Å². The number of pyridine rings is 1. The van der Waals surface area contributed by atoms with Crippen LogP contribution in [0.4, 0.5) is 0 Å². The van der Waals surface area contributed by atoms with Crippen molar-refractivity contribution in [3.8, 4) is 5.75 Å². The fourth-order valence-electron chi connectivity index (χ4n) is 6.56. The maximum absolute atomic E-state index is 12.7. The third kappa shape index (κ3) is 10.9. The average Bonchev–Trinajstić information content (AvgIpc) is 2.92. The molecule has 0 aromatic carbocycles. The number of aryl methyl sites for hydroxylation is 1. The van der Waals surface area contributed by atoms with E-state index in [1.807, 2.05) is 12.1 Å². The van der Waals surface area contributed by atoms with E-state index in [0.717, 1.165) is 42.7 Å². The average molecular weight is 498 g/mol. The first-order valence-electron chi connectivity index (χ1n) is 15.8. The molecule has 0 N–H and O–H groups in total. The van der Waals surface area contributed by atoms with E-state index < -0.39 is 0 Å². The molecule has 204 valence electrons. The molecule has 2 saturated carbocycles. The first kappa shape index (κ1) is 29.2. The monoisotopic (exact) mass is 497 g/mol. The number of esters is 1. The SMILES string of the molecule is CCCCCCCc1ccc(OC(=O)C2CCC(CCC3CCC(CCCCCC)CC3)CC2)cn1. The van der Waals surface area contributed by atoms with Crippen LogP contribution < -0.4 is 4.74 Å². The quantitative estimate of drug-likeness (QED) is 0.168. The molecule has 0 atom stereocenters. The number of carbonyl (C=O) groups is 1. The van der Waals surface area contributed by atoms with E-state index in [1.165, 1.54) is 116 Å². The van der Waals surface area contributed by atoms with Crippen molar-refractivity contribution < 1.29 is 9.53 Å². The lowest BCUT2D eigenvalue weighted by atomic mass is 9.75. The van der Waals surface area contributed by atoms with Crippen molar-refractivity contribution in [2.45, 2.75) is 149 Å². The molecule has 2 aliphatic rings. The molecule has 3 heteroatoms. The smallest absolute Gasteiger partial charge is 0.314 e. The van der Waals surface area contributed by atoms with Gasteiger partial charge in [0.05, 0.1) is 12.1 Å². The van der Waals surface area contributed by atoms with Crippen molar-refractivity contribution in [3.05, 3.63) is 24.0 Å². The van der Waals surface area contributed by atoms with Crippen LogP contribution in [0.1, 0.15) is 148 Å². The minimum atomic E-state index is -0.0418. The van der Waals surface area contributed by atoms with Crippen molar-refractivity contribution in [1.82, 2.24) is 4.98 Å². The molecule has 0 radical (unpaired) electrons. The Morgan fingerprint density at radius 1 is 0.722 bits per heavy atom. The van der Waals surface area contributed by atoms with Gasteiger partial charge in [-0.1, -0.05) is 110 Å². The highest BCUT2D eigenvalue weighted by Crippen LogP contribution is 2.38. The van der Waals surface area contributed by atoms with E-state index in [0.29, 0.717) is 5.75 Å². The second-order valence-electron chi connectivity index (χ2n) is 12.1. The number of ether oxygens (including phenoxy) is 1. The Bertz CT molecular complexity index is 699. The number of nitrogens with zero attached hydrogens (tertiary/aromatic N) is 1. The van der Waals surface area contributed by atoms with E-state index in [2.05, 4.69) is 18.8 Å². The molecule has 0 unspecified atom stereocenters. The molecular formula is C33H55NO2. The van der Waals surface area contributed by atoms with E-state index in [-0.39, 0.29) is 11.9 Å². The van der Waals surface area contributed by atoms with Gasteiger partial charge in [-0.05, 0) is 68.4 Å². The highest BCUT2D eigenvalue weighted by molar-refractivity contribution is 5.75. The summed E-state index contributed by atoms with van der Waals surface area (Å²) in [5.41, 5.74) is 1.10. The molecular weight excluding hydrogens is 442 g/mol. The lowest BCUT2D eigenvalue weighted by molar-refractivity contribution is -0.140. The Hall–Kier alpha value is -1.38. The van der Waals surface area contributed by atoms with Crippen LogP contribution in [0, 0.1) is 23.7 Å². The Labute approximate surface area is 222 Å². The lowest BCUT2D eigenvalue weighted by Crippen LogP contribution is -2.26. The van der Waals surface area contributed by atoms with Gasteiger partial charge in [0.2, 0.25) is 0 Å². The highest BCUT2D eigenvalue weighted by atomic mass is 16.5. The standard InChI is InChI=1S/C33H55NO2/c1-3-5-7-9-11-13-31-24-25-32(26-34-31)36-33(35)30-22-20-29(21-23-30)19-18-28-16-14-27(15-17-28)12-10-8-6-4-2/h24-30H,3-23H2,1-2H3. The Balaban J connectivity index is 1.25. The molecule has 3 nitrogen and oxygen atoms in total. The summed E-state index contributed by atoms with van der Waals surface area (Å²) >= 11 is 0. The predicted molar refractivity (Wildman–Crippen MR) is 151 cm³/mol. The minimum absolute atomic E-state index is 0.0418. The van der Waals surface area contributed by atoms with E-state index in [1.54, 1.807) is 6.20 Å². The topological polar surface area (TPSA) is 39.2 Å². The molecule has 0 spiro atoms. The molecule has 0 bridgehead atoms. The molecule has 1 heterocycles. The summed E-state index contributed by atoms with van der Waals surface area (Å²) in [6.07, 6.45) is 29.3. The molecule has 0 amide bonds. The Morgan fingerprint density at radius 2 is 1.28 bits per heavy atom. The van der Waals surface area contributed by atoms with Crippen LogP contribution in [0.15, 0.2) is 18.3 Å². The molecule has 2 aliphatic carbocycles. The normalized spacial score (nSPS) is 24.5. The van der Waals surface area contributed by atoms with Crippen LogP contribution in [0.3, 0.4) is 0 Å². The number of rotatable bonds is 16. The molecule has 36 heavy (non-hydrogen) atoms. The van der Waals surface area contributed by atoms with Gasteiger partial charge in [0, 0.05) is 5.69 Å². The summed E-state index contributed by atoms with van der Waals surface area (Å²) in [7, 11) is 0. The van der Waals surface area contributed by atoms with Crippen molar-refractivity contribution in [2.75, 3.05) is 0 Å². The van der Waals surface area contributed by atoms with Crippen molar-refractivity contribution in [2.24, 2.45) is 23.7 Å². The van der Waals surface area contributed by atoms with Gasteiger partial charge in [0.1, 0.15) is 5.75 Å². The van der Waals surface area contributed by atoms with Gasteiger partial charge in [0.25, 0.3) is 0 Å². The maximum atomic E-state index is 12.7. The first-order chi connectivity index (χ1) is 17.7. The minimum Gasteiger partial charge on any atom is -0.425 e. The first-order valence-corrected chi connectivity index (χ1v) is 15.8. The zero-order valence-electron chi connectivity index (χ0n) is 23.7. The van der Waals surface area contributed by atoms with Gasteiger partial charge < -0.3 is 4.74 Å². The second kappa shape index (κ2) is 17.2. The largest absolute Gasteiger partial charge is 0.425 e. The number of hydrogen-bond acceptors (Lipinski definition) is 3. The second-order valence-corrected chi connectivity index (χ2v) is 12.1. The number of unbranched alkanes of at least 4 members (excludes halogenated alkanes) is 7. The molecule has 1 aromatic rings. The number of hydrogen-bond donors (Lipinski definition) is 0. The third-order valence-electron chi connectivity index (χ3n) is 9.15. The Kier molecular flexibility index (Phi) is 13.9. The van der Waals surface area contributed by atoms with Crippen LogP contribution in [0.2, 0.25) is 0 Å². The summed E-state index contributed by atoms with van der Waals surface area (Å²) in [6.45, 7) is 4.55. The fourth-order valence-corrected chi connectivity index (χ4v) is 6.56. The number of aromatic nitrogens is 1. The van der Waals surface area contributed by atoms with Crippen LogP contribution >= 0.6 is 0 Å². The fraction of sp³-hybridized carbons (Fsp3) is 0.818. The van der Waals surface area contributed by atoms with Gasteiger partial charge in [-0.15, -0.1) is 0 Å². The van der Waals surface area contributed by atoms with Crippen LogP contribution in [-0.2, 0) is 11.2 Å². The van der Waals surface area contributed by atoms with E-state index >= 15 is 0 Å². The van der Waals surface area contributed by atoms with Crippen molar-refractivity contribution >= 4 is 5.97 Å². The highest BCUT2D eigenvalue weighted by Gasteiger charge is 2.29. The van der Waals surface area contributed by atoms with Crippen molar-refractivity contribution in [3.63, 3.8) is 0 Å². The maximum Gasteiger partial charge on any atom is 0.314 e. The third-order valence-corrected chi connectivity index (χ3v) is 9.15. The summed E-state index contributed by atoms with van der Waals surface area (Å²) < 4.78 is 5.71. The zero-order chi connectivity index (χ0) is 25.4. The van der Waals surface area contributed by atoms with Crippen molar-refractivity contribution in [1.29, 1.82) is 0 Å². The zero-order valence-corrected chi connectivity index (χ0v) is 23.7. The molecule has 0 aliphatic heterocycles. The molecule has 3 rings (SSSR count). The van der Waals surface area contributed by atoms with Crippen LogP contribution in [0.5, 0.6) is 5.75 Å². The summed E-state index contributed by atoms with van der Waals surface area (Å²) in [4.78, 5) is 17.3. The Morgan fingerprint density at radius 3 is 1.86 bits per heavy atom. The van der Waals surface area contributed by atoms with Crippen LogP contribution in [-0.4, -0.2) is 11.0 Å². The van der Waals surface area contributed by atoms with Gasteiger partial charge in [-0.25, -0.2) is 0 Å². The number of carbonyl (C=O) groups excluding carboxylic acids is 1. The van der Waals surface area contributed by atoms with E-state index in [4.69, 9.17) is 4.74 Å². The summed E-state index contributed by atoms with van der Waals surface area (Å²) in [6, 6.07) is 3.96. The van der Waals surface area contributed by atoms with Gasteiger partial charge in [-0.3, -0.25) is 9.78 Å². The summed E-state index contributed by atoms with van der Waals surface area (Å²) in [5.74, 6) is 3.44. The van der Waals surface area contributed by atoms with Gasteiger partial charge in [0.15, 0.2) is 0 Å². The summed E-state index contributed by atoms with van der Waals surface area (Å²) in [5, 5.41) is 0. The van der Waals surface area contributed by atoms with Gasteiger partial charge in [-0.2, -0.15) is 0 Å². The molecule has 2 fully saturated rings. The predicted octanol–water partition coefficient (Wildman–Crippen LogP) is 9.86. The van der Waals surface area contributed by atoms with E-state index in [9.17, 15) is 4.79 Å². The lowest BCUT2D eigenvalue weighted by Gasteiger charge is -2.31. The van der Waals surface area contributed by atoms with Crippen LogP contribution in [0.25, 0.3) is 0 Å². The molecule has 1 aromatic heterocycles. The molecule has 0 saturated heterocycles.